The van der Waals surface area contributed by atoms with E-state index in [0.29, 0.717) is 11.5 Å². The van der Waals surface area contributed by atoms with E-state index in [4.69, 9.17) is 0 Å². The first-order chi connectivity index (χ1) is 7.58. The third kappa shape index (κ3) is 1.33. The summed E-state index contributed by atoms with van der Waals surface area (Å²) >= 11 is 0. The van der Waals surface area contributed by atoms with E-state index in [0.717, 1.165) is 12.8 Å². The van der Waals surface area contributed by atoms with Crippen LogP contribution in [0.4, 0.5) is 0 Å². The number of hydrogen-bond donors (Lipinski definition) is 0. The lowest BCUT2D eigenvalue weighted by molar-refractivity contribution is 0.191. The molecule has 0 amide bonds. The molecule has 1 saturated carbocycles. The first-order valence-electron chi connectivity index (χ1n) is 6.15. The highest BCUT2D eigenvalue weighted by Gasteiger charge is 2.58. The van der Waals surface area contributed by atoms with Gasteiger partial charge in [-0.3, -0.25) is 0 Å². The van der Waals surface area contributed by atoms with Crippen LogP contribution in [0.1, 0.15) is 32.1 Å². The molecule has 3 aliphatic rings. The van der Waals surface area contributed by atoms with Gasteiger partial charge in [0.25, 0.3) is 0 Å². The second-order valence-corrected chi connectivity index (χ2v) is 7.69. The van der Waals surface area contributed by atoms with Crippen molar-refractivity contribution in [3.63, 3.8) is 0 Å². The van der Waals surface area contributed by atoms with E-state index in [2.05, 4.69) is 12.2 Å². The first kappa shape index (κ1) is 10.6. The lowest BCUT2D eigenvalue weighted by atomic mass is 9.61. The average molecular weight is 238 g/mol. The van der Waals surface area contributed by atoms with Crippen LogP contribution in [0.2, 0.25) is 0 Å². The molecule has 1 saturated heterocycles. The molecule has 3 rings (SSSR count). The topological polar surface area (TPSA) is 34.1 Å². The van der Waals surface area contributed by atoms with Crippen LogP contribution in [0.15, 0.2) is 24.3 Å². The van der Waals surface area contributed by atoms with Crippen LogP contribution in [0.3, 0.4) is 0 Å². The van der Waals surface area contributed by atoms with Crippen LogP contribution >= 0.6 is 0 Å². The summed E-state index contributed by atoms with van der Waals surface area (Å²) in [5.41, 5.74) is -0.145. The fourth-order valence-electron chi connectivity index (χ4n) is 3.90. The SMILES string of the molecule is O=S1(=O)C[C@@]23C=CC=C[C@@]2(CCCCC3)C1. The van der Waals surface area contributed by atoms with Crippen LogP contribution < -0.4 is 0 Å². The summed E-state index contributed by atoms with van der Waals surface area (Å²) in [5, 5.41) is 0. The largest absolute Gasteiger partial charge is 0.229 e. The first-order valence-corrected chi connectivity index (χ1v) is 7.97. The quantitative estimate of drug-likeness (QED) is 0.649. The fraction of sp³-hybridized carbons (Fsp3) is 0.692. The van der Waals surface area contributed by atoms with Crippen molar-refractivity contribution in [2.24, 2.45) is 10.8 Å². The summed E-state index contributed by atoms with van der Waals surface area (Å²) in [5.74, 6) is 0.752. The molecule has 1 aliphatic heterocycles. The Labute approximate surface area is 97.3 Å². The lowest BCUT2D eigenvalue weighted by Gasteiger charge is -2.41. The Hall–Kier alpha value is -0.570. The molecule has 2 aliphatic carbocycles. The van der Waals surface area contributed by atoms with Crippen molar-refractivity contribution in [1.82, 2.24) is 0 Å². The summed E-state index contributed by atoms with van der Waals surface area (Å²) < 4.78 is 24.0. The molecule has 16 heavy (non-hydrogen) atoms. The van der Waals surface area contributed by atoms with Gasteiger partial charge in [-0.05, 0) is 12.8 Å². The summed E-state index contributed by atoms with van der Waals surface area (Å²) in [6.07, 6.45) is 14.2. The zero-order chi connectivity index (χ0) is 11.3. The van der Waals surface area contributed by atoms with Crippen LogP contribution in [0.5, 0.6) is 0 Å². The number of rotatable bonds is 0. The molecule has 2 nitrogen and oxygen atoms in total. The van der Waals surface area contributed by atoms with Crippen molar-refractivity contribution in [3.05, 3.63) is 24.3 Å². The molecule has 0 N–H and O–H groups in total. The summed E-state index contributed by atoms with van der Waals surface area (Å²) in [6.45, 7) is 0. The van der Waals surface area contributed by atoms with Gasteiger partial charge in [0.05, 0.1) is 11.5 Å². The smallest absolute Gasteiger partial charge is 0.152 e. The van der Waals surface area contributed by atoms with E-state index in [-0.39, 0.29) is 10.8 Å². The number of allylic oxidation sites excluding steroid dienone is 4. The Morgan fingerprint density at radius 3 is 1.81 bits per heavy atom. The maximum atomic E-state index is 12.0. The Morgan fingerprint density at radius 2 is 1.31 bits per heavy atom. The fourth-order valence-corrected chi connectivity index (χ4v) is 6.63. The van der Waals surface area contributed by atoms with E-state index in [9.17, 15) is 8.42 Å². The van der Waals surface area contributed by atoms with Crippen molar-refractivity contribution in [2.75, 3.05) is 11.5 Å². The molecule has 0 aromatic heterocycles. The molecule has 3 heteroatoms. The molecule has 0 aromatic rings. The zero-order valence-corrected chi connectivity index (χ0v) is 10.3. The molecular weight excluding hydrogens is 220 g/mol. The third-order valence-electron chi connectivity index (χ3n) is 4.63. The van der Waals surface area contributed by atoms with E-state index in [1.165, 1.54) is 19.3 Å². The molecule has 0 radical (unpaired) electrons. The number of sulfone groups is 1. The molecule has 2 fully saturated rings. The molecular formula is C13H18O2S. The van der Waals surface area contributed by atoms with Crippen LogP contribution in [-0.2, 0) is 9.84 Å². The van der Waals surface area contributed by atoms with Crippen molar-refractivity contribution >= 4 is 9.84 Å². The highest BCUT2D eigenvalue weighted by atomic mass is 32.2. The second-order valence-electron chi connectivity index (χ2n) is 5.62. The van der Waals surface area contributed by atoms with Crippen molar-refractivity contribution in [1.29, 1.82) is 0 Å². The highest BCUT2D eigenvalue weighted by molar-refractivity contribution is 7.91. The number of hydrogen-bond acceptors (Lipinski definition) is 2. The predicted molar refractivity (Wildman–Crippen MR) is 64.9 cm³/mol. The maximum absolute atomic E-state index is 12.0. The van der Waals surface area contributed by atoms with Crippen molar-refractivity contribution in [2.45, 2.75) is 32.1 Å². The van der Waals surface area contributed by atoms with E-state index in [1.54, 1.807) is 0 Å². The average Bonchev–Trinajstić information content (AvgIpc) is 2.33. The standard InChI is InChI=1S/C13H18O2S/c14-16(15)10-12-6-2-1-3-7-13(12,11-16)9-5-4-8-12/h4-5,8-9H,1-3,6-7,10-11H2/t12-,13+. The van der Waals surface area contributed by atoms with E-state index in [1.807, 2.05) is 12.2 Å². The van der Waals surface area contributed by atoms with Gasteiger partial charge >= 0.3 is 0 Å². The highest BCUT2D eigenvalue weighted by Crippen LogP contribution is 2.58. The van der Waals surface area contributed by atoms with Gasteiger partial charge in [-0.25, -0.2) is 8.42 Å². The molecule has 0 bridgehead atoms. The van der Waals surface area contributed by atoms with Gasteiger partial charge in [-0.15, -0.1) is 0 Å². The molecule has 0 unspecified atom stereocenters. The van der Waals surface area contributed by atoms with Crippen LogP contribution in [-0.4, -0.2) is 19.9 Å². The summed E-state index contributed by atoms with van der Waals surface area (Å²) in [7, 11) is -2.85. The minimum absolute atomic E-state index is 0.0723. The zero-order valence-electron chi connectivity index (χ0n) is 9.48. The molecule has 0 aromatic carbocycles. The van der Waals surface area contributed by atoms with E-state index < -0.39 is 9.84 Å². The second kappa shape index (κ2) is 3.22. The van der Waals surface area contributed by atoms with Gasteiger partial charge in [0.2, 0.25) is 0 Å². The van der Waals surface area contributed by atoms with Gasteiger partial charge in [-0.1, -0.05) is 43.6 Å². The van der Waals surface area contributed by atoms with Gasteiger partial charge < -0.3 is 0 Å². The normalized spacial score (nSPS) is 44.8. The van der Waals surface area contributed by atoms with Crippen molar-refractivity contribution < 1.29 is 8.42 Å². The van der Waals surface area contributed by atoms with Gasteiger partial charge in [0.15, 0.2) is 9.84 Å². The minimum Gasteiger partial charge on any atom is -0.229 e. The van der Waals surface area contributed by atoms with Crippen LogP contribution in [0.25, 0.3) is 0 Å². The minimum atomic E-state index is -2.85. The van der Waals surface area contributed by atoms with Crippen LogP contribution in [0, 0.1) is 10.8 Å². The summed E-state index contributed by atoms with van der Waals surface area (Å²) in [6, 6.07) is 0. The molecule has 0 spiro atoms. The lowest BCUT2D eigenvalue weighted by Crippen LogP contribution is -2.38. The Balaban J connectivity index is 2.15. The Bertz CT molecular complexity index is 424. The predicted octanol–water partition coefficient (Wildman–Crippen LogP) is 2.48. The van der Waals surface area contributed by atoms with Gasteiger partial charge in [0.1, 0.15) is 0 Å². The third-order valence-corrected chi connectivity index (χ3v) is 6.54. The Kier molecular flexibility index (Phi) is 2.13. The molecule has 1 heterocycles. The Morgan fingerprint density at radius 1 is 0.812 bits per heavy atom. The monoisotopic (exact) mass is 238 g/mol. The maximum Gasteiger partial charge on any atom is 0.152 e. The van der Waals surface area contributed by atoms with E-state index >= 15 is 0 Å². The van der Waals surface area contributed by atoms with Crippen molar-refractivity contribution in [3.8, 4) is 0 Å². The van der Waals surface area contributed by atoms with Gasteiger partial charge in [0, 0.05) is 10.8 Å². The summed E-state index contributed by atoms with van der Waals surface area (Å²) in [4.78, 5) is 0. The molecule has 88 valence electrons. The molecule has 2 atom stereocenters. The van der Waals surface area contributed by atoms with Gasteiger partial charge in [-0.2, -0.15) is 0 Å².